The van der Waals surface area contributed by atoms with Gasteiger partial charge >= 0.3 is 0 Å². The smallest absolute Gasteiger partial charge is 0.270 e. The van der Waals surface area contributed by atoms with Gasteiger partial charge in [0.2, 0.25) is 0 Å². The van der Waals surface area contributed by atoms with E-state index in [1.54, 1.807) is 6.07 Å². The molecule has 0 spiro atoms. The summed E-state index contributed by atoms with van der Waals surface area (Å²) in [5, 5.41) is 12.0. The molecule has 82 valence electrons. The maximum absolute atomic E-state index is 11.6. The Kier molecular flexibility index (Phi) is 4.52. The molecule has 1 aromatic heterocycles. The minimum absolute atomic E-state index is 0.0805. The molecule has 5 heteroatoms. The standard InChI is InChI=1S/C10H13ClN2O2/c1-2-8(6-14)13-10(15)9-5-7(11)3-4-12-9/h3-5,8,14H,2,6H2,1H3,(H,13,15)/t8-/m1/s1. The highest BCUT2D eigenvalue weighted by atomic mass is 35.5. The van der Waals surface area contributed by atoms with Gasteiger partial charge in [0.25, 0.3) is 5.91 Å². The lowest BCUT2D eigenvalue weighted by Gasteiger charge is -2.13. The number of nitrogens with zero attached hydrogens (tertiary/aromatic N) is 1. The third kappa shape index (κ3) is 3.49. The molecule has 0 radical (unpaired) electrons. The fourth-order valence-electron chi connectivity index (χ4n) is 1.07. The summed E-state index contributed by atoms with van der Waals surface area (Å²) in [6, 6.07) is 2.85. The van der Waals surface area contributed by atoms with E-state index in [1.807, 2.05) is 6.92 Å². The summed E-state index contributed by atoms with van der Waals surface area (Å²) >= 11 is 5.72. The van der Waals surface area contributed by atoms with E-state index in [-0.39, 0.29) is 24.2 Å². The lowest BCUT2D eigenvalue weighted by Crippen LogP contribution is -2.37. The van der Waals surface area contributed by atoms with Crippen LogP contribution in [0.1, 0.15) is 23.8 Å². The van der Waals surface area contributed by atoms with Crippen molar-refractivity contribution in [3.63, 3.8) is 0 Å². The quantitative estimate of drug-likeness (QED) is 0.815. The van der Waals surface area contributed by atoms with Crippen LogP contribution < -0.4 is 5.32 Å². The van der Waals surface area contributed by atoms with E-state index in [1.165, 1.54) is 12.3 Å². The van der Waals surface area contributed by atoms with Crippen molar-refractivity contribution < 1.29 is 9.90 Å². The number of amides is 1. The first-order chi connectivity index (χ1) is 7.17. The monoisotopic (exact) mass is 228 g/mol. The predicted octanol–water partition coefficient (Wildman–Crippen LogP) is 1.24. The molecule has 1 heterocycles. The van der Waals surface area contributed by atoms with Gasteiger partial charge < -0.3 is 10.4 Å². The van der Waals surface area contributed by atoms with Gasteiger partial charge in [-0.2, -0.15) is 0 Å². The fraction of sp³-hybridized carbons (Fsp3) is 0.400. The Balaban J connectivity index is 2.68. The second kappa shape index (κ2) is 5.68. The van der Waals surface area contributed by atoms with Crippen LogP contribution in [0.15, 0.2) is 18.3 Å². The number of nitrogens with one attached hydrogen (secondary N) is 1. The number of pyridine rings is 1. The molecular weight excluding hydrogens is 216 g/mol. The number of halogens is 1. The SMILES string of the molecule is CC[C@H](CO)NC(=O)c1cc(Cl)ccn1. The maximum Gasteiger partial charge on any atom is 0.270 e. The zero-order chi connectivity index (χ0) is 11.3. The number of carbonyl (C=O) groups is 1. The number of aliphatic hydroxyl groups is 1. The van der Waals surface area contributed by atoms with Gasteiger partial charge in [-0.1, -0.05) is 18.5 Å². The van der Waals surface area contributed by atoms with Crippen molar-refractivity contribution in [3.05, 3.63) is 29.0 Å². The van der Waals surface area contributed by atoms with Gasteiger partial charge in [-0.3, -0.25) is 9.78 Å². The Bertz CT molecular complexity index is 340. The first-order valence-electron chi connectivity index (χ1n) is 4.70. The first-order valence-corrected chi connectivity index (χ1v) is 5.08. The molecule has 0 aliphatic carbocycles. The van der Waals surface area contributed by atoms with Gasteiger partial charge in [-0.15, -0.1) is 0 Å². The number of rotatable bonds is 4. The van der Waals surface area contributed by atoms with Crippen molar-refractivity contribution in [2.75, 3.05) is 6.61 Å². The summed E-state index contributed by atoms with van der Waals surface area (Å²) in [7, 11) is 0. The first kappa shape index (κ1) is 11.9. The molecule has 2 N–H and O–H groups in total. The molecule has 4 nitrogen and oxygen atoms in total. The van der Waals surface area contributed by atoms with Gasteiger partial charge in [-0.25, -0.2) is 0 Å². The van der Waals surface area contributed by atoms with Crippen LogP contribution in [0.2, 0.25) is 5.02 Å². The minimum Gasteiger partial charge on any atom is -0.394 e. The van der Waals surface area contributed by atoms with Gasteiger partial charge in [0.05, 0.1) is 12.6 Å². The molecule has 0 unspecified atom stereocenters. The molecule has 0 bridgehead atoms. The molecule has 15 heavy (non-hydrogen) atoms. The van der Waals surface area contributed by atoms with Crippen LogP contribution in [-0.4, -0.2) is 28.6 Å². The van der Waals surface area contributed by atoms with Crippen LogP contribution >= 0.6 is 11.6 Å². The zero-order valence-corrected chi connectivity index (χ0v) is 9.16. The van der Waals surface area contributed by atoms with E-state index in [9.17, 15) is 4.79 Å². The molecule has 1 aromatic rings. The van der Waals surface area contributed by atoms with Crippen molar-refractivity contribution in [2.45, 2.75) is 19.4 Å². The predicted molar refractivity (Wildman–Crippen MR) is 57.9 cm³/mol. The number of carbonyl (C=O) groups excluding carboxylic acids is 1. The van der Waals surface area contributed by atoms with E-state index >= 15 is 0 Å². The Morgan fingerprint density at radius 1 is 1.73 bits per heavy atom. The van der Waals surface area contributed by atoms with Gasteiger partial charge in [0.1, 0.15) is 5.69 Å². The van der Waals surface area contributed by atoms with Crippen LogP contribution in [0.3, 0.4) is 0 Å². The second-order valence-electron chi connectivity index (χ2n) is 3.12. The maximum atomic E-state index is 11.6. The minimum atomic E-state index is -0.321. The highest BCUT2D eigenvalue weighted by molar-refractivity contribution is 6.30. The Morgan fingerprint density at radius 3 is 3.00 bits per heavy atom. The van der Waals surface area contributed by atoms with Crippen LogP contribution in [0.25, 0.3) is 0 Å². The largest absolute Gasteiger partial charge is 0.394 e. The number of hydrogen-bond acceptors (Lipinski definition) is 3. The van der Waals surface area contributed by atoms with E-state index in [0.29, 0.717) is 11.4 Å². The normalized spacial score (nSPS) is 12.2. The van der Waals surface area contributed by atoms with E-state index in [2.05, 4.69) is 10.3 Å². The summed E-state index contributed by atoms with van der Waals surface area (Å²) in [5.74, 6) is -0.321. The van der Waals surface area contributed by atoms with E-state index in [0.717, 1.165) is 0 Å². The molecule has 0 aliphatic rings. The van der Waals surface area contributed by atoms with Gasteiger partial charge in [0.15, 0.2) is 0 Å². The van der Waals surface area contributed by atoms with Crippen molar-refractivity contribution in [1.29, 1.82) is 0 Å². The summed E-state index contributed by atoms with van der Waals surface area (Å²) in [6.45, 7) is 1.80. The van der Waals surface area contributed by atoms with Crippen LogP contribution in [0.4, 0.5) is 0 Å². The topological polar surface area (TPSA) is 62.2 Å². The second-order valence-corrected chi connectivity index (χ2v) is 3.56. The van der Waals surface area contributed by atoms with Crippen molar-refractivity contribution in [3.8, 4) is 0 Å². The van der Waals surface area contributed by atoms with Crippen LogP contribution in [0, 0.1) is 0 Å². The number of aromatic nitrogens is 1. The average molecular weight is 229 g/mol. The fourth-order valence-corrected chi connectivity index (χ4v) is 1.22. The average Bonchev–Trinajstić information content (AvgIpc) is 2.25. The Hall–Kier alpha value is -1.13. The van der Waals surface area contributed by atoms with E-state index in [4.69, 9.17) is 16.7 Å². The molecule has 1 amide bonds. The van der Waals surface area contributed by atoms with Crippen LogP contribution in [-0.2, 0) is 0 Å². The van der Waals surface area contributed by atoms with Gasteiger partial charge in [-0.05, 0) is 18.6 Å². The molecule has 0 saturated carbocycles. The van der Waals surface area contributed by atoms with Crippen molar-refractivity contribution in [1.82, 2.24) is 10.3 Å². The molecule has 0 fully saturated rings. The third-order valence-corrected chi connectivity index (χ3v) is 2.24. The Labute approximate surface area is 93.3 Å². The highest BCUT2D eigenvalue weighted by Crippen LogP contribution is 2.08. The molecule has 1 atom stereocenters. The molecule has 0 aliphatic heterocycles. The van der Waals surface area contributed by atoms with Crippen molar-refractivity contribution >= 4 is 17.5 Å². The zero-order valence-electron chi connectivity index (χ0n) is 8.40. The Morgan fingerprint density at radius 2 is 2.47 bits per heavy atom. The summed E-state index contributed by atoms with van der Waals surface area (Å²) in [6.07, 6.45) is 2.14. The lowest BCUT2D eigenvalue weighted by molar-refractivity contribution is 0.0910. The summed E-state index contributed by atoms with van der Waals surface area (Å²) in [5.41, 5.74) is 0.259. The van der Waals surface area contributed by atoms with Crippen LogP contribution in [0.5, 0.6) is 0 Å². The summed E-state index contributed by atoms with van der Waals surface area (Å²) in [4.78, 5) is 15.5. The molecule has 0 aromatic carbocycles. The van der Waals surface area contributed by atoms with Gasteiger partial charge in [0, 0.05) is 11.2 Å². The number of hydrogen-bond donors (Lipinski definition) is 2. The lowest BCUT2D eigenvalue weighted by atomic mass is 10.2. The van der Waals surface area contributed by atoms with Crippen molar-refractivity contribution in [2.24, 2.45) is 0 Å². The highest BCUT2D eigenvalue weighted by Gasteiger charge is 2.12. The molecule has 0 saturated heterocycles. The summed E-state index contributed by atoms with van der Waals surface area (Å²) < 4.78 is 0. The third-order valence-electron chi connectivity index (χ3n) is 2.00. The number of aliphatic hydroxyl groups excluding tert-OH is 1. The van der Waals surface area contributed by atoms with E-state index < -0.39 is 0 Å². The molecule has 1 rings (SSSR count). The molecular formula is C10H13ClN2O2.